The number of nitrogens with one attached hydrogen (secondary N) is 1. The number of nitrogen functional groups attached to an aromatic ring is 1. The number of carbonyl (C=O) groups is 1. The van der Waals surface area contributed by atoms with E-state index in [4.69, 9.17) is 10.5 Å². The number of likely N-dealkylation sites (tertiary alicyclic amines) is 1. The molecule has 2 aliphatic rings. The maximum absolute atomic E-state index is 13.1. The van der Waals surface area contributed by atoms with Crippen molar-refractivity contribution in [2.75, 3.05) is 30.7 Å². The molecular weight excluding hydrogens is 497 g/mol. The molecule has 4 atom stereocenters. The Kier molecular flexibility index (Phi) is 7.39. The van der Waals surface area contributed by atoms with Gasteiger partial charge in [-0.1, -0.05) is 5.92 Å². The lowest BCUT2D eigenvalue weighted by molar-refractivity contribution is -0.0511. The highest BCUT2D eigenvalue weighted by atomic mass is 19.1. The minimum Gasteiger partial charge on any atom is -0.394 e. The Balaban J connectivity index is 1.20. The molecule has 2 amide bonds. The number of halogens is 1. The van der Waals surface area contributed by atoms with Gasteiger partial charge >= 0.3 is 6.03 Å². The lowest BCUT2D eigenvalue weighted by Crippen LogP contribution is -2.41. The number of aromatic nitrogens is 4. The zero-order valence-electron chi connectivity index (χ0n) is 20.4. The molecule has 0 saturated carbocycles. The zero-order valence-corrected chi connectivity index (χ0v) is 20.4. The summed E-state index contributed by atoms with van der Waals surface area (Å²) in [6, 6.07) is 5.42. The second kappa shape index (κ2) is 10.9. The van der Waals surface area contributed by atoms with Crippen LogP contribution in [0.5, 0.6) is 0 Å². The van der Waals surface area contributed by atoms with Crippen molar-refractivity contribution >= 4 is 28.7 Å². The molecule has 2 saturated heterocycles. The highest BCUT2D eigenvalue weighted by molar-refractivity contribution is 5.89. The number of imidazole rings is 1. The molecule has 0 spiro atoms. The van der Waals surface area contributed by atoms with E-state index >= 15 is 0 Å². The summed E-state index contributed by atoms with van der Waals surface area (Å²) in [6.07, 6.45) is -0.966. The summed E-state index contributed by atoms with van der Waals surface area (Å²) >= 11 is 0. The SMILES string of the molecule is Nc1nc(C#CCC2CCN(C(=O)Nc3ccc(F)cc3)CC2)nc2c1ncn2C1OC(CO)[C@H](O)[C@@H]1O. The third kappa shape index (κ3) is 5.25. The molecule has 12 nitrogen and oxygen atoms in total. The predicted molar refractivity (Wildman–Crippen MR) is 134 cm³/mol. The van der Waals surface area contributed by atoms with Gasteiger partial charge in [0.05, 0.1) is 12.9 Å². The highest BCUT2D eigenvalue weighted by Crippen LogP contribution is 2.32. The van der Waals surface area contributed by atoms with E-state index in [0.29, 0.717) is 36.6 Å². The number of nitrogens with zero attached hydrogens (tertiary/aromatic N) is 5. The molecule has 4 heterocycles. The van der Waals surface area contributed by atoms with Gasteiger partial charge in [0.1, 0.15) is 29.6 Å². The zero-order chi connectivity index (χ0) is 26.8. The van der Waals surface area contributed by atoms with Gasteiger partial charge in [0.25, 0.3) is 0 Å². The van der Waals surface area contributed by atoms with E-state index in [2.05, 4.69) is 32.1 Å². The Labute approximate surface area is 217 Å². The van der Waals surface area contributed by atoms with Crippen molar-refractivity contribution in [1.29, 1.82) is 0 Å². The number of piperidine rings is 1. The number of carbonyl (C=O) groups excluding carboxylic acids is 1. The van der Waals surface area contributed by atoms with Crippen molar-refractivity contribution in [3.63, 3.8) is 0 Å². The van der Waals surface area contributed by atoms with Crippen LogP contribution in [-0.2, 0) is 4.74 Å². The van der Waals surface area contributed by atoms with Crippen LogP contribution in [0.25, 0.3) is 11.2 Å². The molecule has 2 fully saturated rings. The van der Waals surface area contributed by atoms with Crippen LogP contribution in [0.3, 0.4) is 0 Å². The van der Waals surface area contributed by atoms with Gasteiger partial charge in [0, 0.05) is 25.2 Å². The minimum absolute atomic E-state index is 0.116. The first kappa shape index (κ1) is 25.8. The number of urea groups is 1. The number of nitrogens with two attached hydrogens (primary N) is 1. The van der Waals surface area contributed by atoms with E-state index in [0.717, 1.165) is 12.8 Å². The standard InChI is InChI=1S/C25H28FN7O5/c26-15-4-6-16(7-5-15)29-25(37)32-10-8-14(9-11-32)2-1-3-18-30-22(27)19-23(31-18)33(13-28-19)24-21(36)20(35)17(12-34)38-24/h4-7,13-14,17,20-21,24,34-36H,2,8-12H2,(H,29,37)(H2,27,30,31)/t17?,20-,21-,24?/m0/s1. The molecular formula is C25H28FN7O5. The molecule has 2 aromatic heterocycles. The van der Waals surface area contributed by atoms with Crippen LogP contribution in [0.15, 0.2) is 30.6 Å². The summed E-state index contributed by atoms with van der Waals surface area (Å²) in [6.45, 7) is 0.712. The number of anilines is 2. The third-order valence-corrected chi connectivity index (χ3v) is 6.83. The summed E-state index contributed by atoms with van der Waals surface area (Å²) < 4.78 is 20.1. The molecule has 6 N–H and O–H groups in total. The number of hydrogen-bond donors (Lipinski definition) is 5. The number of hydrogen-bond acceptors (Lipinski definition) is 9. The van der Waals surface area contributed by atoms with E-state index < -0.39 is 31.1 Å². The number of aliphatic hydroxyl groups is 3. The second-order valence-electron chi connectivity index (χ2n) is 9.36. The number of ether oxygens (including phenoxy) is 1. The lowest BCUT2D eigenvalue weighted by atomic mass is 9.94. The van der Waals surface area contributed by atoms with Crippen molar-refractivity contribution in [2.24, 2.45) is 5.92 Å². The molecule has 2 unspecified atom stereocenters. The van der Waals surface area contributed by atoms with Gasteiger partial charge in [-0.3, -0.25) is 4.57 Å². The maximum Gasteiger partial charge on any atom is 0.321 e. The van der Waals surface area contributed by atoms with E-state index in [1.807, 2.05) is 0 Å². The third-order valence-electron chi connectivity index (χ3n) is 6.83. The Morgan fingerprint density at radius 2 is 1.92 bits per heavy atom. The normalized spacial score (nSPS) is 23.8. The molecule has 2 aliphatic heterocycles. The fourth-order valence-corrected chi connectivity index (χ4v) is 4.64. The summed E-state index contributed by atoms with van der Waals surface area (Å²) in [7, 11) is 0. The molecule has 0 radical (unpaired) electrons. The van der Waals surface area contributed by atoms with E-state index in [1.54, 1.807) is 4.90 Å². The first-order valence-electron chi connectivity index (χ1n) is 12.3. The minimum atomic E-state index is -1.29. The average Bonchev–Trinajstić information content (AvgIpc) is 3.46. The molecule has 1 aromatic carbocycles. The van der Waals surface area contributed by atoms with E-state index in [1.165, 1.54) is 35.2 Å². The van der Waals surface area contributed by atoms with Crippen molar-refractivity contribution in [3.8, 4) is 11.8 Å². The summed E-state index contributed by atoms with van der Waals surface area (Å²) in [5, 5.41) is 32.6. The number of aliphatic hydroxyl groups excluding tert-OH is 3. The number of amides is 2. The molecule has 38 heavy (non-hydrogen) atoms. The van der Waals surface area contributed by atoms with Crippen LogP contribution in [0.2, 0.25) is 0 Å². The van der Waals surface area contributed by atoms with Crippen molar-refractivity contribution in [3.05, 3.63) is 42.2 Å². The van der Waals surface area contributed by atoms with Gasteiger partial charge in [0.15, 0.2) is 17.7 Å². The van der Waals surface area contributed by atoms with Crippen LogP contribution < -0.4 is 11.1 Å². The number of benzene rings is 1. The fourth-order valence-electron chi connectivity index (χ4n) is 4.64. The van der Waals surface area contributed by atoms with Crippen molar-refractivity contribution in [2.45, 2.75) is 43.8 Å². The van der Waals surface area contributed by atoms with Crippen molar-refractivity contribution in [1.82, 2.24) is 24.4 Å². The summed E-state index contributed by atoms with van der Waals surface area (Å²) in [5.74, 6) is 6.26. The fraction of sp³-hybridized carbons (Fsp3) is 0.440. The topological polar surface area (TPSA) is 172 Å². The van der Waals surface area contributed by atoms with Gasteiger partial charge in [-0.25, -0.2) is 24.1 Å². The quantitative estimate of drug-likeness (QED) is 0.310. The maximum atomic E-state index is 13.1. The van der Waals surface area contributed by atoms with Crippen molar-refractivity contribution < 1.29 is 29.2 Å². The molecule has 13 heteroatoms. The first-order chi connectivity index (χ1) is 18.3. The smallest absolute Gasteiger partial charge is 0.321 e. The van der Waals surface area contributed by atoms with Crippen LogP contribution in [-0.4, -0.2) is 83.8 Å². The monoisotopic (exact) mass is 525 g/mol. The number of fused-ring (bicyclic) bond motifs is 1. The Morgan fingerprint density at radius 3 is 2.61 bits per heavy atom. The summed E-state index contributed by atoms with van der Waals surface area (Å²) in [4.78, 5) is 27.0. The van der Waals surface area contributed by atoms with Crippen LogP contribution >= 0.6 is 0 Å². The Morgan fingerprint density at radius 1 is 1.18 bits per heavy atom. The van der Waals surface area contributed by atoms with Gasteiger partial charge in [0.2, 0.25) is 5.82 Å². The van der Waals surface area contributed by atoms with Gasteiger partial charge in [-0.15, -0.1) is 0 Å². The van der Waals surface area contributed by atoms with Gasteiger partial charge < -0.3 is 36.0 Å². The molecule has 0 bridgehead atoms. The second-order valence-corrected chi connectivity index (χ2v) is 9.36. The molecule has 3 aromatic rings. The van der Waals surface area contributed by atoms with Gasteiger partial charge in [-0.2, -0.15) is 0 Å². The molecule has 200 valence electrons. The lowest BCUT2D eigenvalue weighted by Gasteiger charge is -2.31. The Hall–Kier alpha value is -3.83. The van der Waals surface area contributed by atoms with Crippen LogP contribution in [0.4, 0.5) is 20.7 Å². The van der Waals surface area contributed by atoms with E-state index in [9.17, 15) is 24.5 Å². The molecule has 5 rings (SSSR count). The van der Waals surface area contributed by atoms with E-state index in [-0.39, 0.29) is 29.1 Å². The largest absolute Gasteiger partial charge is 0.394 e. The van der Waals surface area contributed by atoms with Crippen LogP contribution in [0.1, 0.15) is 31.3 Å². The molecule has 0 aliphatic carbocycles. The Bertz CT molecular complexity index is 1360. The van der Waals surface area contributed by atoms with Gasteiger partial charge in [-0.05, 0) is 48.9 Å². The van der Waals surface area contributed by atoms with Crippen LogP contribution in [0, 0.1) is 23.6 Å². The number of rotatable bonds is 4. The summed E-state index contributed by atoms with van der Waals surface area (Å²) in [5.41, 5.74) is 7.19. The highest BCUT2D eigenvalue weighted by Gasteiger charge is 2.44. The predicted octanol–water partition coefficient (Wildman–Crippen LogP) is 0.845. The first-order valence-corrected chi connectivity index (χ1v) is 12.3. The average molecular weight is 526 g/mol.